The number of benzene rings is 1. The summed E-state index contributed by atoms with van der Waals surface area (Å²) in [4.78, 5) is 14.1. The Morgan fingerprint density at radius 1 is 1.29 bits per heavy atom. The molecule has 1 amide bonds. The minimum atomic E-state index is 0.291. The number of nitrogens with zero attached hydrogens (tertiary/aromatic N) is 1. The average molecular weight is 307 g/mol. The number of likely N-dealkylation sites (tertiary alicyclic amines) is 1. The lowest BCUT2D eigenvalue weighted by Crippen LogP contribution is -2.45. The van der Waals surface area contributed by atoms with Crippen molar-refractivity contribution in [2.24, 2.45) is 5.92 Å². The third-order valence-corrected chi connectivity index (χ3v) is 4.80. The first-order valence-corrected chi connectivity index (χ1v) is 8.31. The molecule has 1 aromatic carbocycles. The van der Waals surface area contributed by atoms with E-state index in [0.29, 0.717) is 23.9 Å². The Morgan fingerprint density at radius 3 is 2.62 bits per heavy atom. The van der Waals surface area contributed by atoms with Gasteiger partial charge in [0.05, 0.1) is 0 Å². The van der Waals surface area contributed by atoms with Gasteiger partial charge in [0.2, 0.25) is 5.91 Å². The van der Waals surface area contributed by atoms with E-state index in [2.05, 4.69) is 23.2 Å². The van der Waals surface area contributed by atoms with Crippen LogP contribution in [0, 0.1) is 5.92 Å². The topological polar surface area (TPSA) is 32.3 Å². The predicted molar refractivity (Wildman–Crippen MR) is 85.3 cm³/mol. The summed E-state index contributed by atoms with van der Waals surface area (Å²) in [6.07, 6.45) is 4.29. The van der Waals surface area contributed by atoms with Crippen molar-refractivity contribution >= 4 is 17.5 Å². The van der Waals surface area contributed by atoms with Gasteiger partial charge in [0.1, 0.15) is 0 Å². The number of nitrogens with one attached hydrogen (secondary N) is 1. The van der Waals surface area contributed by atoms with Crippen LogP contribution in [-0.2, 0) is 4.79 Å². The van der Waals surface area contributed by atoms with Gasteiger partial charge in [-0.3, -0.25) is 4.79 Å². The largest absolute Gasteiger partial charge is 0.342 e. The molecule has 2 aliphatic rings. The summed E-state index contributed by atoms with van der Waals surface area (Å²) in [6, 6.07) is 8.80. The van der Waals surface area contributed by atoms with Crippen LogP contribution in [0.15, 0.2) is 24.3 Å². The first-order valence-electron chi connectivity index (χ1n) is 7.94. The molecule has 1 aliphatic heterocycles. The summed E-state index contributed by atoms with van der Waals surface area (Å²) in [5.74, 6) is 0.733. The lowest BCUT2D eigenvalue weighted by molar-refractivity contribution is -0.133. The van der Waals surface area contributed by atoms with Crippen LogP contribution < -0.4 is 5.32 Å². The molecule has 1 aliphatic carbocycles. The smallest absolute Gasteiger partial charge is 0.225 e. The summed E-state index contributed by atoms with van der Waals surface area (Å²) in [6.45, 7) is 3.97. The lowest BCUT2D eigenvalue weighted by atomic mass is 10.0. The Balaban J connectivity index is 1.49. The van der Waals surface area contributed by atoms with Gasteiger partial charge in [-0.2, -0.15) is 0 Å². The van der Waals surface area contributed by atoms with E-state index >= 15 is 0 Å². The molecule has 3 rings (SSSR count). The molecule has 1 saturated carbocycles. The van der Waals surface area contributed by atoms with Gasteiger partial charge >= 0.3 is 0 Å². The molecule has 1 saturated heterocycles. The Labute approximate surface area is 131 Å². The van der Waals surface area contributed by atoms with Crippen molar-refractivity contribution in [3.05, 3.63) is 34.9 Å². The van der Waals surface area contributed by atoms with Crippen LogP contribution in [0.4, 0.5) is 0 Å². The fourth-order valence-corrected chi connectivity index (χ4v) is 3.28. The van der Waals surface area contributed by atoms with Crippen LogP contribution in [0.25, 0.3) is 0 Å². The monoisotopic (exact) mass is 306 g/mol. The third-order valence-electron chi connectivity index (χ3n) is 4.57. The van der Waals surface area contributed by atoms with Gasteiger partial charge in [-0.15, -0.1) is 0 Å². The fourth-order valence-electron chi connectivity index (χ4n) is 3.08. The molecule has 1 heterocycles. The van der Waals surface area contributed by atoms with Crippen molar-refractivity contribution in [3.63, 3.8) is 0 Å². The lowest BCUT2D eigenvalue weighted by Gasteiger charge is -2.34. The normalized spacial score (nSPS) is 21.3. The van der Waals surface area contributed by atoms with Crippen molar-refractivity contribution in [1.82, 2.24) is 10.2 Å². The van der Waals surface area contributed by atoms with Crippen LogP contribution >= 0.6 is 11.6 Å². The van der Waals surface area contributed by atoms with E-state index in [-0.39, 0.29) is 0 Å². The van der Waals surface area contributed by atoms with Crippen LogP contribution in [-0.4, -0.2) is 29.9 Å². The average Bonchev–Trinajstić information content (AvgIpc) is 3.32. The SMILES string of the molecule is CC(NC1CCN(C(=O)C2CC2)CC1)c1cccc(Cl)c1. The molecule has 21 heavy (non-hydrogen) atoms. The Hall–Kier alpha value is -1.06. The number of carbonyl (C=O) groups is 1. The highest BCUT2D eigenvalue weighted by molar-refractivity contribution is 6.30. The highest BCUT2D eigenvalue weighted by Gasteiger charge is 2.34. The van der Waals surface area contributed by atoms with E-state index < -0.39 is 0 Å². The molecule has 114 valence electrons. The number of piperidine rings is 1. The first kappa shape index (κ1) is 14.9. The van der Waals surface area contributed by atoms with Gasteiger partial charge in [-0.25, -0.2) is 0 Å². The number of hydrogen-bond acceptors (Lipinski definition) is 2. The summed E-state index contributed by atoms with van der Waals surface area (Å²) in [5, 5.41) is 4.45. The molecular formula is C17H23ClN2O. The Kier molecular flexibility index (Phi) is 4.51. The summed E-state index contributed by atoms with van der Waals surface area (Å²) < 4.78 is 0. The predicted octanol–water partition coefficient (Wildman–Crippen LogP) is 3.39. The summed E-state index contributed by atoms with van der Waals surface area (Å²) >= 11 is 6.05. The molecule has 0 aromatic heterocycles. The molecule has 0 bridgehead atoms. The second kappa shape index (κ2) is 6.37. The van der Waals surface area contributed by atoms with Crippen LogP contribution in [0.5, 0.6) is 0 Å². The van der Waals surface area contributed by atoms with E-state index in [0.717, 1.165) is 43.8 Å². The van der Waals surface area contributed by atoms with E-state index in [9.17, 15) is 4.79 Å². The molecule has 3 nitrogen and oxygen atoms in total. The van der Waals surface area contributed by atoms with Gasteiger partial charge in [0.25, 0.3) is 0 Å². The highest BCUT2D eigenvalue weighted by atomic mass is 35.5. The Morgan fingerprint density at radius 2 is 2.00 bits per heavy atom. The number of carbonyl (C=O) groups excluding carboxylic acids is 1. The first-order chi connectivity index (χ1) is 10.1. The maximum atomic E-state index is 12.0. The van der Waals surface area contributed by atoms with Crippen LogP contribution in [0.3, 0.4) is 0 Å². The number of rotatable bonds is 4. The van der Waals surface area contributed by atoms with Gasteiger partial charge < -0.3 is 10.2 Å². The zero-order chi connectivity index (χ0) is 14.8. The maximum absolute atomic E-state index is 12.0. The van der Waals surface area contributed by atoms with E-state index in [1.54, 1.807) is 0 Å². The molecule has 4 heteroatoms. The molecule has 1 unspecified atom stereocenters. The third kappa shape index (κ3) is 3.78. The fraction of sp³-hybridized carbons (Fsp3) is 0.588. The van der Waals surface area contributed by atoms with E-state index in [1.807, 2.05) is 18.2 Å². The van der Waals surface area contributed by atoms with Gasteiger partial charge in [-0.1, -0.05) is 23.7 Å². The zero-order valence-electron chi connectivity index (χ0n) is 12.5. The molecule has 0 radical (unpaired) electrons. The van der Waals surface area contributed by atoms with E-state index in [1.165, 1.54) is 5.56 Å². The molecule has 1 N–H and O–H groups in total. The standard InChI is InChI=1S/C17H23ClN2O/c1-12(14-3-2-4-15(18)11-14)19-16-7-9-20(10-8-16)17(21)13-5-6-13/h2-4,11-13,16,19H,5-10H2,1H3. The van der Waals surface area contributed by atoms with E-state index in [4.69, 9.17) is 11.6 Å². The van der Waals surface area contributed by atoms with Crippen molar-refractivity contribution in [2.45, 2.75) is 44.7 Å². The zero-order valence-corrected chi connectivity index (χ0v) is 13.3. The summed E-state index contributed by atoms with van der Waals surface area (Å²) in [7, 11) is 0. The summed E-state index contributed by atoms with van der Waals surface area (Å²) in [5.41, 5.74) is 1.22. The van der Waals surface area contributed by atoms with Crippen molar-refractivity contribution < 1.29 is 4.79 Å². The minimum Gasteiger partial charge on any atom is -0.342 e. The second-order valence-electron chi connectivity index (χ2n) is 6.32. The van der Waals surface area contributed by atoms with Gasteiger partial charge in [0, 0.05) is 36.1 Å². The molecular weight excluding hydrogens is 284 g/mol. The second-order valence-corrected chi connectivity index (χ2v) is 6.75. The maximum Gasteiger partial charge on any atom is 0.225 e. The van der Waals surface area contributed by atoms with Crippen molar-refractivity contribution in [2.75, 3.05) is 13.1 Å². The number of amides is 1. The van der Waals surface area contributed by atoms with Gasteiger partial charge in [0.15, 0.2) is 0 Å². The molecule has 1 aromatic rings. The van der Waals surface area contributed by atoms with Crippen molar-refractivity contribution in [1.29, 1.82) is 0 Å². The quantitative estimate of drug-likeness (QED) is 0.925. The van der Waals surface area contributed by atoms with Crippen LogP contribution in [0.2, 0.25) is 5.02 Å². The van der Waals surface area contributed by atoms with Crippen LogP contribution in [0.1, 0.15) is 44.2 Å². The highest BCUT2D eigenvalue weighted by Crippen LogP contribution is 2.32. The van der Waals surface area contributed by atoms with Gasteiger partial charge in [-0.05, 0) is 50.3 Å². The molecule has 1 atom stereocenters. The van der Waals surface area contributed by atoms with Crippen molar-refractivity contribution in [3.8, 4) is 0 Å². The number of hydrogen-bond donors (Lipinski definition) is 1. The molecule has 2 fully saturated rings. The molecule has 0 spiro atoms. The minimum absolute atomic E-state index is 0.291. The number of halogens is 1. The Bertz CT molecular complexity index is 507.